The summed E-state index contributed by atoms with van der Waals surface area (Å²) in [6.07, 6.45) is 0.781. The zero-order chi connectivity index (χ0) is 19.0. The van der Waals surface area contributed by atoms with Crippen molar-refractivity contribution in [2.24, 2.45) is 5.92 Å². The van der Waals surface area contributed by atoms with Crippen molar-refractivity contribution in [3.63, 3.8) is 0 Å². The van der Waals surface area contributed by atoms with Crippen LogP contribution in [0.3, 0.4) is 0 Å². The van der Waals surface area contributed by atoms with Gasteiger partial charge in [-0.25, -0.2) is 0 Å². The van der Waals surface area contributed by atoms with Gasteiger partial charge in [0.15, 0.2) is 0 Å². The molecule has 0 bridgehead atoms. The monoisotopic (exact) mass is 353 g/mol. The number of hydrogen-bond donors (Lipinski definition) is 1. The number of carbonyl (C=O) groups is 1. The SMILES string of the molecule is CC1(C)O[C@](C)(C(O)(c2ccccc2)c2ccccc2)CC[C@H]1C(=O)[O-]. The van der Waals surface area contributed by atoms with Crippen LogP contribution in [-0.2, 0) is 15.1 Å². The lowest BCUT2D eigenvalue weighted by atomic mass is 9.67. The predicted octanol–water partition coefficient (Wildman–Crippen LogP) is 2.64. The molecular weight excluding hydrogens is 328 g/mol. The average molecular weight is 353 g/mol. The van der Waals surface area contributed by atoms with Crippen molar-refractivity contribution in [3.05, 3.63) is 71.8 Å². The van der Waals surface area contributed by atoms with E-state index in [9.17, 15) is 15.0 Å². The first-order valence-corrected chi connectivity index (χ1v) is 8.95. The summed E-state index contributed by atoms with van der Waals surface area (Å²) in [7, 11) is 0. The van der Waals surface area contributed by atoms with Crippen LogP contribution in [-0.4, -0.2) is 22.3 Å². The van der Waals surface area contributed by atoms with Gasteiger partial charge in [-0.1, -0.05) is 60.7 Å². The van der Waals surface area contributed by atoms with E-state index in [0.29, 0.717) is 12.8 Å². The van der Waals surface area contributed by atoms with Gasteiger partial charge >= 0.3 is 0 Å². The lowest BCUT2D eigenvalue weighted by Gasteiger charge is -2.55. The first-order chi connectivity index (χ1) is 12.2. The quantitative estimate of drug-likeness (QED) is 0.917. The van der Waals surface area contributed by atoms with Crippen LogP contribution in [0.15, 0.2) is 60.7 Å². The van der Waals surface area contributed by atoms with Crippen LogP contribution < -0.4 is 5.11 Å². The van der Waals surface area contributed by atoms with Gasteiger partial charge in [0, 0.05) is 11.9 Å². The summed E-state index contributed by atoms with van der Waals surface area (Å²) < 4.78 is 6.34. The summed E-state index contributed by atoms with van der Waals surface area (Å²) in [4.78, 5) is 11.5. The third-order valence-electron chi connectivity index (χ3n) is 5.67. The number of benzene rings is 2. The number of aliphatic hydroxyl groups is 1. The third kappa shape index (κ3) is 2.93. The van der Waals surface area contributed by atoms with Gasteiger partial charge in [0.05, 0.1) is 5.60 Å². The normalized spacial score (nSPS) is 25.6. The Bertz CT molecular complexity index is 730. The van der Waals surface area contributed by atoms with Crippen LogP contribution in [0.2, 0.25) is 0 Å². The van der Waals surface area contributed by atoms with E-state index >= 15 is 0 Å². The molecule has 0 saturated carbocycles. The minimum atomic E-state index is -1.41. The highest BCUT2D eigenvalue weighted by Gasteiger charge is 2.56. The van der Waals surface area contributed by atoms with Crippen molar-refractivity contribution >= 4 is 5.97 Å². The summed E-state index contributed by atoms with van der Waals surface area (Å²) in [5.74, 6) is -1.83. The smallest absolute Gasteiger partial charge is 0.143 e. The Hall–Kier alpha value is -2.17. The highest BCUT2D eigenvalue weighted by Crippen LogP contribution is 2.50. The molecule has 2 aromatic rings. The minimum absolute atomic E-state index is 0.383. The van der Waals surface area contributed by atoms with E-state index in [2.05, 4.69) is 0 Å². The number of carbonyl (C=O) groups excluding carboxylic acids is 1. The Morgan fingerprint density at radius 3 is 1.88 bits per heavy atom. The number of aliphatic carboxylic acids is 1. The average Bonchev–Trinajstić information content (AvgIpc) is 2.61. The highest BCUT2D eigenvalue weighted by atomic mass is 16.5. The van der Waals surface area contributed by atoms with Crippen molar-refractivity contribution in [3.8, 4) is 0 Å². The van der Waals surface area contributed by atoms with Crippen LogP contribution in [0.1, 0.15) is 44.7 Å². The van der Waals surface area contributed by atoms with Crippen LogP contribution in [0, 0.1) is 5.92 Å². The Balaban J connectivity index is 2.13. The molecule has 4 nitrogen and oxygen atoms in total. The number of carboxylic acids is 1. The largest absolute Gasteiger partial charge is 0.550 e. The maximum absolute atomic E-state index is 12.0. The molecule has 0 radical (unpaired) electrons. The fourth-order valence-electron chi connectivity index (χ4n) is 4.26. The highest BCUT2D eigenvalue weighted by molar-refractivity contribution is 5.69. The Morgan fingerprint density at radius 1 is 1.04 bits per heavy atom. The summed E-state index contributed by atoms with van der Waals surface area (Å²) >= 11 is 0. The number of carboxylic acid groups (broad SMARTS) is 1. The molecule has 0 unspecified atom stereocenters. The van der Waals surface area contributed by atoms with E-state index in [0.717, 1.165) is 11.1 Å². The molecule has 1 aliphatic rings. The van der Waals surface area contributed by atoms with Crippen LogP contribution >= 0.6 is 0 Å². The topological polar surface area (TPSA) is 69.6 Å². The fraction of sp³-hybridized carbons (Fsp3) is 0.409. The van der Waals surface area contributed by atoms with E-state index in [1.807, 2.05) is 67.6 Å². The number of ether oxygens (including phenoxy) is 1. The molecule has 0 spiro atoms. The second-order valence-corrected chi connectivity index (χ2v) is 7.79. The van der Waals surface area contributed by atoms with Gasteiger partial charge in [-0.15, -0.1) is 0 Å². The lowest BCUT2D eigenvalue weighted by molar-refractivity contribution is -0.330. The summed E-state index contributed by atoms with van der Waals surface area (Å²) in [6, 6.07) is 18.8. The molecular formula is C22H25O4-. The second kappa shape index (κ2) is 6.53. The third-order valence-corrected chi connectivity index (χ3v) is 5.67. The van der Waals surface area contributed by atoms with Crippen molar-refractivity contribution in [2.45, 2.75) is 50.4 Å². The van der Waals surface area contributed by atoms with Gasteiger partial charge in [0.25, 0.3) is 0 Å². The van der Waals surface area contributed by atoms with Crippen LogP contribution in [0.5, 0.6) is 0 Å². The molecule has 0 amide bonds. The van der Waals surface area contributed by atoms with E-state index in [1.165, 1.54) is 0 Å². The molecule has 1 fully saturated rings. The van der Waals surface area contributed by atoms with E-state index < -0.39 is 28.7 Å². The number of hydrogen-bond acceptors (Lipinski definition) is 4. The molecule has 1 N–H and O–H groups in total. The predicted molar refractivity (Wildman–Crippen MR) is 97.2 cm³/mol. The van der Waals surface area contributed by atoms with Gasteiger partial charge in [-0.05, 0) is 44.7 Å². The molecule has 2 aromatic carbocycles. The molecule has 1 saturated heterocycles. The van der Waals surface area contributed by atoms with E-state index in [4.69, 9.17) is 4.74 Å². The molecule has 1 aliphatic heterocycles. The van der Waals surface area contributed by atoms with Crippen molar-refractivity contribution in [1.82, 2.24) is 0 Å². The second-order valence-electron chi connectivity index (χ2n) is 7.79. The van der Waals surface area contributed by atoms with Gasteiger partial charge in [0.2, 0.25) is 0 Å². The van der Waals surface area contributed by atoms with Crippen LogP contribution in [0.4, 0.5) is 0 Å². The minimum Gasteiger partial charge on any atom is -0.550 e. The molecule has 0 aliphatic carbocycles. The van der Waals surface area contributed by atoms with E-state index in [-0.39, 0.29) is 0 Å². The van der Waals surface area contributed by atoms with Gasteiger partial charge in [-0.3, -0.25) is 0 Å². The molecule has 3 rings (SSSR count). The zero-order valence-electron chi connectivity index (χ0n) is 15.4. The van der Waals surface area contributed by atoms with Gasteiger partial charge < -0.3 is 19.7 Å². The van der Waals surface area contributed by atoms with Gasteiger partial charge in [0.1, 0.15) is 11.2 Å². The summed E-state index contributed by atoms with van der Waals surface area (Å²) in [6.45, 7) is 5.36. The summed E-state index contributed by atoms with van der Waals surface area (Å²) in [5, 5.41) is 23.5. The molecule has 2 atom stereocenters. The zero-order valence-corrected chi connectivity index (χ0v) is 15.4. The molecule has 0 aromatic heterocycles. The van der Waals surface area contributed by atoms with Crippen molar-refractivity contribution in [2.75, 3.05) is 0 Å². The Kier molecular flexibility index (Phi) is 4.67. The van der Waals surface area contributed by atoms with E-state index in [1.54, 1.807) is 13.8 Å². The first-order valence-electron chi connectivity index (χ1n) is 8.95. The Labute approximate surface area is 154 Å². The fourth-order valence-corrected chi connectivity index (χ4v) is 4.26. The van der Waals surface area contributed by atoms with Crippen molar-refractivity contribution in [1.29, 1.82) is 0 Å². The summed E-state index contributed by atoms with van der Waals surface area (Å²) in [5.41, 5.74) is -1.93. The lowest BCUT2D eigenvalue weighted by Crippen LogP contribution is -2.62. The standard InChI is InChI=1S/C22H26O4/c1-20(2)18(19(23)24)14-15-21(3,26-20)22(25,16-10-6-4-7-11-16)17-12-8-5-9-13-17/h4-13,18,25H,14-15H2,1-3H3,(H,23,24)/p-1/t18-,21-/m0/s1. The van der Waals surface area contributed by atoms with Crippen LogP contribution in [0.25, 0.3) is 0 Å². The number of rotatable bonds is 4. The van der Waals surface area contributed by atoms with Gasteiger partial charge in [-0.2, -0.15) is 0 Å². The molecule has 1 heterocycles. The van der Waals surface area contributed by atoms with Crippen molar-refractivity contribution < 1.29 is 19.7 Å². The first kappa shape index (κ1) is 18.6. The Morgan fingerprint density at radius 2 is 1.50 bits per heavy atom. The molecule has 4 heteroatoms. The molecule has 26 heavy (non-hydrogen) atoms. The molecule has 138 valence electrons. The maximum atomic E-state index is 12.0. The maximum Gasteiger partial charge on any atom is 0.143 e.